The van der Waals surface area contributed by atoms with Crippen LogP contribution in [0, 0.1) is 11.3 Å². The fourth-order valence-electron chi connectivity index (χ4n) is 3.38. The molecule has 2 aromatic carbocycles. The van der Waals surface area contributed by atoms with Crippen molar-refractivity contribution in [1.82, 2.24) is 9.88 Å². The summed E-state index contributed by atoms with van der Waals surface area (Å²) in [6, 6.07) is 17.7. The SMILES string of the molecule is N#Cc1ccc2[nH]c3c(c(=O)c2c1)CN(Cc1ccccc1)CC3. The van der Waals surface area contributed by atoms with E-state index < -0.39 is 0 Å². The van der Waals surface area contributed by atoms with Crippen LogP contribution in [-0.2, 0) is 19.5 Å². The van der Waals surface area contributed by atoms with Gasteiger partial charge in [-0.2, -0.15) is 5.26 Å². The van der Waals surface area contributed by atoms with Crippen LogP contribution < -0.4 is 5.43 Å². The molecule has 3 aromatic rings. The number of nitrogens with zero attached hydrogens (tertiary/aromatic N) is 2. The number of H-pyrrole nitrogens is 1. The third-order valence-electron chi connectivity index (χ3n) is 4.63. The van der Waals surface area contributed by atoms with Gasteiger partial charge in [0, 0.05) is 48.2 Å². The molecule has 24 heavy (non-hydrogen) atoms. The molecule has 0 radical (unpaired) electrons. The summed E-state index contributed by atoms with van der Waals surface area (Å²) in [5.74, 6) is 0. The Labute approximate surface area is 140 Å². The summed E-state index contributed by atoms with van der Waals surface area (Å²) >= 11 is 0. The molecule has 1 aliphatic heterocycles. The topological polar surface area (TPSA) is 59.9 Å². The largest absolute Gasteiger partial charge is 0.358 e. The predicted molar refractivity (Wildman–Crippen MR) is 93.5 cm³/mol. The van der Waals surface area contributed by atoms with Crippen LogP contribution in [-0.4, -0.2) is 16.4 Å². The third kappa shape index (κ3) is 2.60. The van der Waals surface area contributed by atoms with Crippen LogP contribution in [0.25, 0.3) is 10.9 Å². The first-order valence-corrected chi connectivity index (χ1v) is 8.09. The minimum atomic E-state index is 0.0496. The van der Waals surface area contributed by atoms with Gasteiger partial charge in [-0.15, -0.1) is 0 Å². The highest BCUT2D eigenvalue weighted by molar-refractivity contribution is 5.81. The number of benzene rings is 2. The quantitative estimate of drug-likeness (QED) is 0.791. The number of pyridine rings is 1. The van der Waals surface area contributed by atoms with Crippen LogP contribution in [0.5, 0.6) is 0 Å². The molecule has 0 atom stereocenters. The van der Waals surface area contributed by atoms with Crippen molar-refractivity contribution in [2.45, 2.75) is 19.5 Å². The second-order valence-corrected chi connectivity index (χ2v) is 6.23. The monoisotopic (exact) mass is 315 g/mol. The molecule has 0 amide bonds. The summed E-state index contributed by atoms with van der Waals surface area (Å²) in [6.07, 6.45) is 0.841. The summed E-state index contributed by atoms with van der Waals surface area (Å²) in [5.41, 5.74) is 4.50. The van der Waals surface area contributed by atoms with Crippen LogP contribution >= 0.6 is 0 Å². The minimum absolute atomic E-state index is 0.0496. The van der Waals surface area contributed by atoms with Gasteiger partial charge in [0.1, 0.15) is 0 Å². The molecule has 4 rings (SSSR count). The lowest BCUT2D eigenvalue weighted by Crippen LogP contribution is -2.34. The summed E-state index contributed by atoms with van der Waals surface area (Å²) < 4.78 is 0. The maximum absolute atomic E-state index is 12.9. The number of hydrogen-bond acceptors (Lipinski definition) is 3. The first-order chi connectivity index (χ1) is 11.7. The second kappa shape index (κ2) is 5.95. The fourth-order valence-corrected chi connectivity index (χ4v) is 3.38. The fraction of sp³-hybridized carbons (Fsp3) is 0.200. The first-order valence-electron chi connectivity index (χ1n) is 8.09. The van der Waals surface area contributed by atoms with Crippen molar-refractivity contribution in [2.75, 3.05) is 6.54 Å². The van der Waals surface area contributed by atoms with Gasteiger partial charge >= 0.3 is 0 Å². The van der Waals surface area contributed by atoms with Crippen molar-refractivity contribution in [2.24, 2.45) is 0 Å². The van der Waals surface area contributed by atoms with Crippen molar-refractivity contribution in [3.05, 3.63) is 81.1 Å². The van der Waals surface area contributed by atoms with E-state index in [0.29, 0.717) is 17.5 Å². The Morgan fingerprint density at radius 2 is 2.00 bits per heavy atom. The lowest BCUT2D eigenvalue weighted by molar-refractivity contribution is 0.243. The molecule has 1 N–H and O–H groups in total. The first kappa shape index (κ1) is 14.7. The zero-order valence-electron chi connectivity index (χ0n) is 13.2. The van der Waals surface area contributed by atoms with Gasteiger partial charge < -0.3 is 4.98 Å². The predicted octanol–water partition coefficient (Wildman–Crippen LogP) is 2.96. The zero-order valence-corrected chi connectivity index (χ0v) is 13.2. The van der Waals surface area contributed by atoms with E-state index in [9.17, 15) is 4.79 Å². The van der Waals surface area contributed by atoms with E-state index in [-0.39, 0.29) is 5.43 Å². The van der Waals surface area contributed by atoms with Gasteiger partial charge in [-0.25, -0.2) is 0 Å². The Kier molecular flexibility index (Phi) is 3.64. The number of rotatable bonds is 2. The van der Waals surface area contributed by atoms with Gasteiger partial charge in [0.15, 0.2) is 5.43 Å². The molecule has 4 heteroatoms. The van der Waals surface area contributed by atoms with Crippen molar-refractivity contribution in [3.63, 3.8) is 0 Å². The molecule has 1 aromatic heterocycles. The van der Waals surface area contributed by atoms with E-state index in [1.165, 1.54) is 5.56 Å². The van der Waals surface area contributed by atoms with Gasteiger partial charge in [-0.05, 0) is 23.8 Å². The maximum Gasteiger partial charge on any atom is 0.194 e. The zero-order chi connectivity index (χ0) is 16.5. The van der Waals surface area contributed by atoms with Crippen LogP contribution in [0.1, 0.15) is 22.4 Å². The molecule has 2 heterocycles. The standard InChI is InChI=1S/C20H17N3O/c21-11-15-6-7-18-16(10-15)20(24)17-13-23(9-8-19(17)22-18)12-14-4-2-1-3-5-14/h1-7,10H,8-9,12-13H2,(H,22,24). The van der Waals surface area contributed by atoms with Gasteiger partial charge in [-0.1, -0.05) is 30.3 Å². The van der Waals surface area contributed by atoms with Gasteiger partial charge in [0.25, 0.3) is 0 Å². The van der Waals surface area contributed by atoms with Crippen LogP contribution in [0.3, 0.4) is 0 Å². The highest BCUT2D eigenvalue weighted by Gasteiger charge is 2.21. The second-order valence-electron chi connectivity index (χ2n) is 6.23. The average molecular weight is 315 g/mol. The molecule has 4 nitrogen and oxygen atoms in total. The number of nitriles is 1. The van der Waals surface area contributed by atoms with E-state index in [0.717, 1.165) is 36.3 Å². The Bertz CT molecular complexity index is 999. The summed E-state index contributed by atoms with van der Waals surface area (Å²) in [5, 5.41) is 9.67. The van der Waals surface area contributed by atoms with E-state index in [1.807, 2.05) is 24.3 Å². The molecule has 0 spiro atoms. The summed E-state index contributed by atoms with van der Waals surface area (Å²) in [6.45, 7) is 2.42. The smallest absolute Gasteiger partial charge is 0.194 e. The van der Waals surface area contributed by atoms with E-state index in [2.05, 4.69) is 28.1 Å². The van der Waals surface area contributed by atoms with Crippen LogP contribution in [0.2, 0.25) is 0 Å². The van der Waals surface area contributed by atoms with Gasteiger partial charge in [-0.3, -0.25) is 9.69 Å². The van der Waals surface area contributed by atoms with Crippen molar-refractivity contribution in [3.8, 4) is 6.07 Å². The lowest BCUT2D eigenvalue weighted by Gasteiger charge is -2.28. The molecule has 0 unspecified atom stereocenters. The molecular formula is C20H17N3O. The Balaban J connectivity index is 1.71. The lowest BCUT2D eigenvalue weighted by atomic mass is 10.0. The molecule has 0 bridgehead atoms. The summed E-state index contributed by atoms with van der Waals surface area (Å²) in [7, 11) is 0. The van der Waals surface area contributed by atoms with E-state index in [4.69, 9.17) is 5.26 Å². The van der Waals surface area contributed by atoms with Crippen LogP contribution in [0.15, 0.2) is 53.3 Å². The molecule has 1 aliphatic rings. The minimum Gasteiger partial charge on any atom is -0.358 e. The highest BCUT2D eigenvalue weighted by atomic mass is 16.1. The van der Waals surface area contributed by atoms with E-state index >= 15 is 0 Å². The van der Waals surface area contributed by atoms with Gasteiger partial charge in [0.05, 0.1) is 11.6 Å². The Hall–Kier alpha value is -2.90. The summed E-state index contributed by atoms with van der Waals surface area (Å²) in [4.78, 5) is 18.6. The number of aromatic amines is 1. The van der Waals surface area contributed by atoms with Gasteiger partial charge in [0.2, 0.25) is 0 Å². The van der Waals surface area contributed by atoms with E-state index in [1.54, 1.807) is 12.1 Å². The normalized spacial score (nSPS) is 14.3. The van der Waals surface area contributed by atoms with Crippen LogP contribution in [0.4, 0.5) is 0 Å². The number of aromatic nitrogens is 1. The van der Waals surface area contributed by atoms with Crippen molar-refractivity contribution >= 4 is 10.9 Å². The number of fused-ring (bicyclic) bond motifs is 2. The molecular weight excluding hydrogens is 298 g/mol. The third-order valence-corrected chi connectivity index (χ3v) is 4.63. The Morgan fingerprint density at radius 3 is 2.79 bits per heavy atom. The average Bonchev–Trinajstić information content (AvgIpc) is 2.63. The van der Waals surface area contributed by atoms with Crippen molar-refractivity contribution < 1.29 is 0 Å². The molecule has 0 saturated carbocycles. The number of hydrogen-bond donors (Lipinski definition) is 1. The Morgan fingerprint density at radius 1 is 1.17 bits per heavy atom. The maximum atomic E-state index is 12.9. The molecule has 0 aliphatic carbocycles. The molecule has 0 fully saturated rings. The number of nitrogens with one attached hydrogen (secondary N) is 1. The molecule has 118 valence electrons. The molecule has 0 saturated heterocycles. The van der Waals surface area contributed by atoms with Crippen molar-refractivity contribution in [1.29, 1.82) is 5.26 Å². The highest BCUT2D eigenvalue weighted by Crippen LogP contribution is 2.20.